The minimum absolute atomic E-state index is 1.16. The van der Waals surface area contributed by atoms with Crippen LogP contribution in [0.1, 0.15) is 0 Å². The van der Waals surface area contributed by atoms with Crippen molar-refractivity contribution >= 4 is 32.6 Å². The molecule has 0 unspecified atom stereocenters. The third-order valence-corrected chi connectivity index (χ3v) is 8.10. The van der Waals surface area contributed by atoms with Gasteiger partial charge in [0, 0.05) is 34.2 Å². The molecule has 6 aromatic carbocycles. The number of rotatable bonds is 4. The first-order valence-electron chi connectivity index (χ1n) is 14.0. The highest BCUT2D eigenvalue weighted by Crippen LogP contribution is 2.39. The molecule has 8 rings (SSSR count). The second-order valence-corrected chi connectivity index (χ2v) is 10.5. The summed E-state index contributed by atoms with van der Waals surface area (Å²) in [5.74, 6) is 0. The van der Waals surface area contributed by atoms with E-state index in [1.165, 1.54) is 66.0 Å². The molecule has 0 saturated carbocycles. The van der Waals surface area contributed by atoms with E-state index in [-0.39, 0.29) is 0 Å². The smallest absolute Gasteiger partial charge is 0.0619 e. The molecular formula is C39H26N2. The SMILES string of the molecule is c1ccc(-c2ccc(-c3ccc4c5ccc6cc(-c7ccncc7)ccc6c5n(-c5ccccc5)c4c3)cc2)cc1. The van der Waals surface area contributed by atoms with Crippen molar-refractivity contribution in [1.29, 1.82) is 0 Å². The number of pyridine rings is 1. The Morgan fingerprint density at radius 3 is 1.66 bits per heavy atom. The van der Waals surface area contributed by atoms with Gasteiger partial charge in [-0.3, -0.25) is 4.98 Å². The second kappa shape index (κ2) is 9.62. The largest absolute Gasteiger partial charge is 0.309 e. The molecule has 2 nitrogen and oxygen atoms in total. The van der Waals surface area contributed by atoms with E-state index >= 15 is 0 Å². The zero-order valence-corrected chi connectivity index (χ0v) is 22.4. The molecule has 0 spiro atoms. The number of para-hydroxylation sites is 1. The van der Waals surface area contributed by atoms with Crippen LogP contribution in [0.2, 0.25) is 0 Å². The second-order valence-electron chi connectivity index (χ2n) is 10.5. The summed E-state index contributed by atoms with van der Waals surface area (Å²) in [6, 6.07) is 52.5. The van der Waals surface area contributed by atoms with Crippen LogP contribution >= 0.6 is 0 Å². The number of hydrogen-bond donors (Lipinski definition) is 0. The molecule has 0 atom stereocenters. The van der Waals surface area contributed by atoms with E-state index in [4.69, 9.17) is 0 Å². The fourth-order valence-electron chi connectivity index (χ4n) is 6.07. The molecule has 2 heterocycles. The van der Waals surface area contributed by atoms with Gasteiger partial charge in [-0.1, -0.05) is 109 Å². The molecule has 0 fully saturated rings. The summed E-state index contributed by atoms with van der Waals surface area (Å²) in [6.07, 6.45) is 3.70. The summed E-state index contributed by atoms with van der Waals surface area (Å²) in [5, 5.41) is 4.99. The van der Waals surface area contributed by atoms with E-state index in [9.17, 15) is 0 Å². The van der Waals surface area contributed by atoms with Gasteiger partial charge >= 0.3 is 0 Å². The summed E-state index contributed by atoms with van der Waals surface area (Å²) in [5.41, 5.74) is 10.9. The van der Waals surface area contributed by atoms with Crippen LogP contribution in [0, 0.1) is 0 Å². The highest BCUT2D eigenvalue weighted by Gasteiger charge is 2.16. The first kappa shape index (κ1) is 23.4. The average Bonchev–Trinajstić information content (AvgIpc) is 3.40. The van der Waals surface area contributed by atoms with Crippen LogP contribution in [0.25, 0.3) is 71.6 Å². The van der Waals surface area contributed by atoms with Crippen molar-refractivity contribution in [2.45, 2.75) is 0 Å². The predicted octanol–water partition coefficient (Wildman–Crippen LogP) is 10.3. The van der Waals surface area contributed by atoms with Crippen molar-refractivity contribution in [2.24, 2.45) is 0 Å². The van der Waals surface area contributed by atoms with Crippen LogP contribution in [0.3, 0.4) is 0 Å². The zero-order valence-electron chi connectivity index (χ0n) is 22.4. The monoisotopic (exact) mass is 522 g/mol. The molecule has 2 aromatic heterocycles. The van der Waals surface area contributed by atoms with Crippen LogP contribution in [-0.4, -0.2) is 9.55 Å². The van der Waals surface area contributed by atoms with Crippen molar-refractivity contribution in [1.82, 2.24) is 9.55 Å². The van der Waals surface area contributed by atoms with Gasteiger partial charge in [-0.15, -0.1) is 0 Å². The first-order valence-corrected chi connectivity index (χ1v) is 14.0. The maximum Gasteiger partial charge on any atom is 0.0619 e. The minimum atomic E-state index is 1.16. The van der Waals surface area contributed by atoms with Gasteiger partial charge in [-0.2, -0.15) is 0 Å². The Hall–Kier alpha value is -5.47. The lowest BCUT2D eigenvalue weighted by Gasteiger charge is -2.11. The lowest BCUT2D eigenvalue weighted by Crippen LogP contribution is -1.94. The van der Waals surface area contributed by atoms with Gasteiger partial charge < -0.3 is 4.57 Å². The fraction of sp³-hybridized carbons (Fsp3) is 0. The van der Waals surface area contributed by atoms with Crippen molar-refractivity contribution in [2.75, 3.05) is 0 Å². The minimum Gasteiger partial charge on any atom is -0.309 e. The molecule has 0 N–H and O–H groups in total. The Labute approximate surface area is 238 Å². The van der Waals surface area contributed by atoms with Crippen molar-refractivity contribution in [3.8, 4) is 39.1 Å². The van der Waals surface area contributed by atoms with E-state index in [1.807, 2.05) is 12.4 Å². The highest BCUT2D eigenvalue weighted by molar-refractivity contribution is 6.19. The molecule has 0 bridgehead atoms. The molecule has 41 heavy (non-hydrogen) atoms. The van der Waals surface area contributed by atoms with Gasteiger partial charge in [0.25, 0.3) is 0 Å². The summed E-state index contributed by atoms with van der Waals surface area (Å²) >= 11 is 0. The number of benzene rings is 6. The molecule has 8 aromatic rings. The van der Waals surface area contributed by atoms with Crippen LogP contribution < -0.4 is 0 Å². The maximum absolute atomic E-state index is 4.19. The van der Waals surface area contributed by atoms with E-state index in [1.54, 1.807) is 0 Å². The van der Waals surface area contributed by atoms with Gasteiger partial charge in [0.15, 0.2) is 0 Å². The van der Waals surface area contributed by atoms with Crippen LogP contribution in [-0.2, 0) is 0 Å². The van der Waals surface area contributed by atoms with Gasteiger partial charge in [0.05, 0.1) is 11.0 Å². The standard InChI is InChI=1S/C39H26N2/c1-3-7-27(8-4-1)28-11-13-29(14-12-28)32-16-19-36-37-20-17-33-25-31(30-21-23-40-24-22-30)15-18-35(33)39(37)41(38(36)26-32)34-9-5-2-6-10-34/h1-26H. The molecule has 192 valence electrons. The van der Waals surface area contributed by atoms with E-state index in [0.717, 1.165) is 5.69 Å². The number of nitrogens with zero attached hydrogens (tertiary/aromatic N) is 2. The molecule has 0 aliphatic rings. The van der Waals surface area contributed by atoms with Crippen LogP contribution in [0.5, 0.6) is 0 Å². The Kier molecular flexibility index (Phi) is 5.49. The van der Waals surface area contributed by atoms with Gasteiger partial charge in [0.1, 0.15) is 0 Å². The summed E-state index contributed by atoms with van der Waals surface area (Å²) in [4.78, 5) is 4.19. The quantitative estimate of drug-likeness (QED) is 0.225. The summed E-state index contributed by atoms with van der Waals surface area (Å²) in [7, 11) is 0. The fourth-order valence-corrected chi connectivity index (χ4v) is 6.07. The number of aromatic nitrogens is 2. The molecule has 0 aliphatic heterocycles. The molecule has 0 aliphatic carbocycles. The lowest BCUT2D eigenvalue weighted by atomic mass is 9.98. The van der Waals surface area contributed by atoms with Crippen molar-refractivity contribution in [3.63, 3.8) is 0 Å². The lowest BCUT2D eigenvalue weighted by molar-refractivity contribution is 1.19. The molecule has 2 heteroatoms. The molecular weight excluding hydrogens is 496 g/mol. The Balaban J connectivity index is 1.34. The predicted molar refractivity (Wildman–Crippen MR) is 172 cm³/mol. The zero-order chi connectivity index (χ0) is 27.2. The van der Waals surface area contributed by atoms with Crippen LogP contribution in [0.15, 0.2) is 158 Å². The topological polar surface area (TPSA) is 17.8 Å². The molecule has 0 radical (unpaired) electrons. The first-order chi connectivity index (χ1) is 20.3. The van der Waals surface area contributed by atoms with Crippen LogP contribution in [0.4, 0.5) is 0 Å². The number of fused-ring (bicyclic) bond motifs is 5. The van der Waals surface area contributed by atoms with Gasteiger partial charge in [-0.25, -0.2) is 0 Å². The molecule has 0 saturated heterocycles. The highest BCUT2D eigenvalue weighted by atomic mass is 15.0. The van der Waals surface area contributed by atoms with E-state index in [2.05, 4.69) is 155 Å². The molecule has 0 amide bonds. The number of hydrogen-bond acceptors (Lipinski definition) is 1. The Bertz CT molecular complexity index is 2160. The summed E-state index contributed by atoms with van der Waals surface area (Å²) in [6.45, 7) is 0. The Morgan fingerprint density at radius 2 is 0.927 bits per heavy atom. The Morgan fingerprint density at radius 1 is 0.390 bits per heavy atom. The normalized spacial score (nSPS) is 11.4. The van der Waals surface area contributed by atoms with Gasteiger partial charge in [0.2, 0.25) is 0 Å². The summed E-state index contributed by atoms with van der Waals surface area (Å²) < 4.78 is 2.43. The van der Waals surface area contributed by atoms with Crippen molar-refractivity contribution in [3.05, 3.63) is 158 Å². The average molecular weight is 523 g/mol. The van der Waals surface area contributed by atoms with E-state index < -0.39 is 0 Å². The van der Waals surface area contributed by atoms with Gasteiger partial charge in [-0.05, 0) is 75.2 Å². The third kappa shape index (κ3) is 4.00. The van der Waals surface area contributed by atoms with E-state index in [0.29, 0.717) is 0 Å². The third-order valence-electron chi connectivity index (χ3n) is 8.10. The van der Waals surface area contributed by atoms with Crippen molar-refractivity contribution < 1.29 is 0 Å². The maximum atomic E-state index is 4.19.